The number of aliphatic hydroxyl groups is 1. The molecule has 2 fully saturated rings. The van der Waals surface area contributed by atoms with Gasteiger partial charge in [-0.2, -0.15) is 0 Å². The summed E-state index contributed by atoms with van der Waals surface area (Å²) < 4.78 is 40.5. The van der Waals surface area contributed by atoms with Crippen molar-refractivity contribution < 1.29 is 38.3 Å². The summed E-state index contributed by atoms with van der Waals surface area (Å²) in [6, 6.07) is 15.2. The Kier molecular flexibility index (Phi) is 7.23. The third-order valence-electron chi connectivity index (χ3n) is 5.99. The van der Waals surface area contributed by atoms with Crippen molar-refractivity contribution in [2.24, 2.45) is 0 Å². The lowest BCUT2D eigenvalue weighted by Gasteiger charge is -2.49. The van der Waals surface area contributed by atoms with E-state index < -0.39 is 42.6 Å². The standard InChI is InChI=1S/C25H32O8/c1-25(2)30-14-19-22(33-25)20(26)23(24(29-5)31-19)32-21(15-6-10-17(27-3)11-7-15)16-8-12-18(28-4)13-9-16/h6-13,19-24,26H,14H2,1-5H3/t19-,20+,22-,23+,24+/m1/s1. The number of methoxy groups -OCH3 is 3. The van der Waals surface area contributed by atoms with Crippen LogP contribution in [0.1, 0.15) is 31.1 Å². The molecule has 8 heteroatoms. The first-order valence-corrected chi connectivity index (χ1v) is 11.0. The van der Waals surface area contributed by atoms with Crippen LogP contribution in [0, 0.1) is 0 Å². The first-order chi connectivity index (χ1) is 15.8. The lowest BCUT2D eigenvalue weighted by molar-refractivity contribution is -0.385. The van der Waals surface area contributed by atoms with Crippen molar-refractivity contribution in [1.82, 2.24) is 0 Å². The molecule has 0 bridgehead atoms. The highest BCUT2D eigenvalue weighted by Gasteiger charge is 2.52. The second-order valence-electron chi connectivity index (χ2n) is 8.59. The van der Waals surface area contributed by atoms with Crippen molar-refractivity contribution >= 4 is 0 Å². The Morgan fingerprint density at radius 1 is 0.909 bits per heavy atom. The van der Waals surface area contributed by atoms with Crippen molar-refractivity contribution in [3.8, 4) is 11.5 Å². The van der Waals surface area contributed by atoms with Gasteiger partial charge in [-0.3, -0.25) is 0 Å². The molecular formula is C25H32O8. The third kappa shape index (κ3) is 5.16. The number of ether oxygens (including phenoxy) is 7. The zero-order chi connectivity index (χ0) is 23.6. The Bertz CT molecular complexity index is 850. The first kappa shape index (κ1) is 23.9. The van der Waals surface area contributed by atoms with E-state index in [2.05, 4.69) is 0 Å². The summed E-state index contributed by atoms with van der Waals surface area (Å²) >= 11 is 0. The first-order valence-electron chi connectivity index (χ1n) is 11.0. The minimum atomic E-state index is -0.990. The van der Waals surface area contributed by atoms with E-state index in [9.17, 15) is 5.11 Å². The molecule has 0 aliphatic carbocycles. The predicted molar refractivity (Wildman–Crippen MR) is 119 cm³/mol. The van der Waals surface area contributed by atoms with Gasteiger partial charge in [0, 0.05) is 7.11 Å². The van der Waals surface area contributed by atoms with Crippen molar-refractivity contribution in [1.29, 1.82) is 0 Å². The summed E-state index contributed by atoms with van der Waals surface area (Å²) in [5.74, 6) is 0.647. The molecule has 0 spiro atoms. The summed E-state index contributed by atoms with van der Waals surface area (Å²) in [4.78, 5) is 0. The van der Waals surface area contributed by atoms with Crippen LogP contribution < -0.4 is 9.47 Å². The van der Waals surface area contributed by atoms with Crippen LogP contribution in [0.2, 0.25) is 0 Å². The smallest absolute Gasteiger partial charge is 0.186 e. The van der Waals surface area contributed by atoms with Gasteiger partial charge in [-0.1, -0.05) is 24.3 Å². The van der Waals surface area contributed by atoms with Gasteiger partial charge < -0.3 is 38.3 Å². The van der Waals surface area contributed by atoms with E-state index in [-0.39, 0.29) is 0 Å². The van der Waals surface area contributed by atoms with Crippen LogP contribution in [0.4, 0.5) is 0 Å². The van der Waals surface area contributed by atoms with Gasteiger partial charge in [-0.25, -0.2) is 0 Å². The molecule has 0 unspecified atom stereocenters. The molecule has 0 aromatic heterocycles. The highest BCUT2D eigenvalue weighted by atomic mass is 16.8. The molecule has 5 atom stereocenters. The fraction of sp³-hybridized carbons (Fsp3) is 0.520. The number of hydrogen-bond donors (Lipinski definition) is 1. The zero-order valence-electron chi connectivity index (χ0n) is 19.6. The lowest BCUT2D eigenvalue weighted by atomic mass is 9.95. The largest absolute Gasteiger partial charge is 0.497 e. The van der Waals surface area contributed by atoms with E-state index in [0.717, 1.165) is 22.6 Å². The van der Waals surface area contributed by atoms with Crippen LogP contribution in [-0.4, -0.2) is 69.5 Å². The van der Waals surface area contributed by atoms with Gasteiger partial charge in [-0.15, -0.1) is 0 Å². The maximum absolute atomic E-state index is 11.3. The molecule has 33 heavy (non-hydrogen) atoms. The second-order valence-corrected chi connectivity index (χ2v) is 8.59. The Balaban J connectivity index is 1.65. The van der Waals surface area contributed by atoms with Crippen LogP contribution in [0.15, 0.2) is 48.5 Å². The summed E-state index contributed by atoms with van der Waals surface area (Å²) in [7, 11) is 4.77. The van der Waals surface area contributed by atoms with E-state index >= 15 is 0 Å². The SMILES string of the molecule is COc1ccc(C(O[C@@H]2[C@@H](OC)O[C@@H]3COC(C)(C)O[C@H]3[C@@H]2O)c2ccc(OC)cc2)cc1. The molecule has 180 valence electrons. The number of aliphatic hydroxyl groups excluding tert-OH is 1. The van der Waals surface area contributed by atoms with Crippen LogP contribution >= 0.6 is 0 Å². The summed E-state index contributed by atoms with van der Waals surface area (Å²) in [5.41, 5.74) is 1.77. The molecule has 4 rings (SSSR count). The molecule has 8 nitrogen and oxygen atoms in total. The molecule has 0 saturated carbocycles. The van der Waals surface area contributed by atoms with E-state index in [1.54, 1.807) is 14.2 Å². The topological polar surface area (TPSA) is 84.8 Å². The average Bonchev–Trinajstić information content (AvgIpc) is 2.83. The molecule has 2 saturated heterocycles. The van der Waals surface area contributed by atoms with Crippen LogP contribution in [-0.2, 0) is 23.7 Å². The van der Waals surface area contributed by atoms with Gasteiger partial charge >= 0.3 is 0 Å². The Labute approximate surface area is 194 Å². The molecule has 2 aliphatic heterocycles. The third-order valence-corrected chi connectivity index (χ3v) is 5.99. The van der Waals surface area contributed by atoms with Gasteiger partial charge in [0.15, 0.2) is 12.1 Å². The van der Waals surface area contributed by atoms with Crippen LogP contribution in [0.5, 0.6) is 11.5 Å². The Morgan fingerprint density at radius 3 is 1.94 bits per heavy atom. The molecule has 2 aromatic rings. The molecule has 0 amide bonds. The quantitative estimate of drug-likeness (QED) is 0.675. The fourth-order valence-electron chi connectivity index (χ4n) is 4.22. The van der Waals surface area contributed by atoms with Gasteiger partial charge in [0.05, 0.1) is 20.8 Å². The molecule has 1 N–H and O–H groups in total. The fourth-order valence-corrected chi connectivity index (χ4v) is 4.22. The van der Waals surface area contributed by atoms with E-state index in [4.69, 9.17) is 33.2 Å². The van der Waals surface area contributed by atoms with Crippen molar-refractivity contribution in [2.75, 3.05) is 27.9 Å². The molecule has 0 radical (unpaired) electrons. The summed E-state index contributed by atoms with van der Waals surface area (Å²) in [6.07, 6.45) is -4.17. The monoisotopic (exact) mass is 460 g/mol. The van der Waals surface area contributed by atoms with Crippen molar-refractivity contribution in [3.05, 3.63) is 59.7 Å². The summed E-state index contributed by atoms with van der Waals surface area (Å²) in [5, 5.41) is 11.3. The minimum absolute atomic E-state index is 0.293. The minimum Gasteiger partial charge on any atom is -0.497 e. The van der Waals surface area contributed by atoms with Crippen molar-refractivity contribution in [3.63, 3.8) is 0 Å². The van der Waals surface area contributed by atoms with Crippen LogP contribution in [0.3, 0.4) is 0 Å². The number of hydrogen-bond acceptors (Lipinski definition) is 8. The summed E-state index contributed by atoms with van der Waals surface area (Å²) in [6.45, 7) is 3.92. The predicted octanol–water partition coefficient (Wildman–Crippen LogP) is 3.06. The Hall–Kier alpha value is -2.20. The highest BCUT2D eigenvalue weighted by molar-refractivity contribution is 5.37. The van der Waals surface area contributed by atoms with Crippen molar-refractivity contribution in [2.45, 2.75) is 56.4 Å². The van der Waals surface area contributed by atoms with Gasteiger partial charge in [0.1, 0.15) is 42.0 Å². The number of benzene rings is 2. The zero-order valence-corrected chi connectivity index (χ0v) is 19.6. The van der Waals surface area contributed by atoms with E-state index in [1.807, 2.05) is 62.4 Å². The second kappa shape index (κ2) is 9.97. The van der Waals surface area contributed by atoms with Gasteiger partial charge in [-0.05, 0) is 49.2 Å². The maximum atomic E-state index is 11.3. The Morgan fingerprint density at radius 2 is 1.45 bits per heavy atom. The van der Waals surface area contributed by atoms with E-state index in [0.29, 0.717) is 6.61 Å². The lowest BCUT2D eigenvalue weighted by Crippen LogP contribution is -2.65. The molecule has 2 aliphatic rings. The average molecular weight is 461 g/mol. The highest BCUT2D eigenvalue weighted by Crippen LogP contribution is 2.37. The van der Waals surface area contributed by atoms with Gasteiger partial charge in [0.2, 0.25) is 0 Å². The maximum Gasteiger partial charge on any atom is 0.186 e. The number of rotatable bonds is 7. The van der Waals surface area contributed by atoms with E-state index in [1.165, 1.54) is 7.11 Å². The number of fused-ring (bicyclic) bond motifs is 1. The molecule has 2 aromatic carbocycles. The van der Waals surface area contributed by atoms with Crippen LogP contribution in [0.25, 0.3) is 0 Å². The van der Waals surface area contributed by atoms with Gasteiger partial charge in [0.25, 0.3) is 0 Å². The normalized spacial score (nSPS) is 28.9. The molecule has 2 heterocycles. The molecular weight excluding hydrogens is 428 g/mol.